The first-order valence-corrected chi connectivity index (χ1v) is 30.6. The van der Waals surface area contributed by atoms with Gasteiger partial charge in [0.1, 0.15) is 13.2 Å². The lowest BCUT2D eigenvalue weighted by Crippen LogP contribution is -2.30. The van der Waals surface area contributed by atoms with E-state index in [9.17, 15) is 14.4 Å². The molecule has 0 aliphatic carbocycles. The third-order valence-electron chi connectivity index (χ3n) is 13.2. The average molecular weight is 1000 g/mol. The van der Waals surface area contributed by atoms with E-state index in [0.29, 0.717) is 12.8 Å². The monoisotopic (exact) mass is 1000 g/mol. The van der Waals surface area contributed by atoms with Crippen molar-refractivity contribution in [3.63, 3.8) is 0 Å². The fraction of sp³-hybridized carbons (Fsp3) is 0.742. The van der Waals surface area contributed by atoms with Crippen molar-refractivity contribution in [3.8, 4) is 0 Å². The molecule has 0 aromatic rings. The van der Waals surface area contributed by atoms with Crippen molar-refractivity contribution in [1.82, 2.24) is 0 Å². The van der Waals surface area contributed by atoms with Crippen LogP contribution in [0.2, 0.25) is 0 Å². The van der Waals surface area contributed by atoms with Gasteiger partial charge in [-0.1, -0.05) is 286 Å². The number of unbranched alkanes of at least 4 members (excludes halogenated alkanes) is 31. The van der Waals surface area contributed by atoms with Gasteiger partial charge in [-0.3, -0.25) is 14.4 Å². The molecule has 0 aromatic carbocycles. The van der Waals surface area contributed by atoms with E-state index in [1.807, 2.05) is 6.08 Å². The Labute approximate surface area is 445 Å². The lowest BCUT2D eigenvalue weighted by molar-refractivity contribution is -0.166. The van der Waals surface area contributed by atoms with Gasteiger partial charge in [-0.2, -0.15) is 0 Å². The van der Waals surface area contributed by atoms with Crippen LogP contribution >= 0.6 is 0 Å². The highest BCUT2D eigenvalue weighted by Gasteiger charge is 2.19. The molecule has 0 saturated heterocycles. The first kappa shape index (κ1) is 68.6. The summed E-state index contributed by atoms with van der Waals surface area (Å²) >= 11 is 0. The summed E-state index contributed by atoms with van der Waals surface area (Å²) in [5.74, 6) is -1.05. The highest BCUT2D eigenvalue weighted by atomic mass is 16.6. The molecule has 0 N–H and O–H groups in total. The molecule has 0 aromatic heterocycles. The Morgan fingerprint density at radius 3 is 0.944 bits per heavy atom. The second kappa shape index (κ2) is 60.1. The maximum Gasteiger partial charge on any atom is 0.310 e. The minimum Gasteiger partial charge on any atom is -0.462 e. The molecule has 0 aliphatic heterocycles. The van der Waals surface area contributed by atoms with Gasteiger partial charge < -0.3 is 14.2 Å². The van der Waals surface area contributed by atoms with Crippen molar-refractivity contribution >= 4 is 17.9 Å². The SMILES string of the molecule is CC/C=C\C/C=C\C/C=C\C/C=C\C/C=C\CC(=O)OC(COC(=O)CCCCCCC/C=C\C/C=C\CCCCC)COC(=O)CCCCCCCCCCCCCCCCCCCCCCCCCC. The van der Waals surface area contributed by atoms with Gasteiger partial charge in [0.2, 0.25) is 0 Å². The summed E-state index contributed by atoms with van der Waals surface area (Å²) in [5, 5.41) is 0. The second-order valence-corrected chi connectivity index (χ2v) is 20.3. The van der Waals surface area contributed by atoms with Gasteiger partial charge in [-0.15, -0.1) is 0 Å². The van der Waals surface area contributed by atoms with Crippen LogP contribution < -0.4 is 0 Å². The lowest BCUT2D eigenvalue weighted by atomic mass is 10.0. The van der Waals surface area contributed by atoms with E-state index < -0.39 is 12.1 Å². The smallest absolute Gasteiger partial charge is 0.310 e. The number of esters is 3. The fourth-order valence-electron chi connectivity index (χ4n) is 8.61. The van der Waals surface area contributed by atoms with E-state index in [-0.39, 0.29) is 31.6 Å². The largest absolute Gasteiger partial charge is 0.462 e. The molecule has 6 nitrogen and oxygen atoms in total. The Balaban J connectivity index is 4.37. The highest BCUT2D eigenvalue weighted by Crippen LogP contribution is 2.17. The summed E-state index contributed by atoms with van der Waals surface area (Å²) < 4.78 is 16.8. The van der Waals surface area contributed by atoms with Gasteiger partial charge in [-0.25, -0.2) is 0 Å². The van der Waals surface area contributed by atoms with Crippen molar-refractivity contribution < 1.29 is 28.6 Å². The van der Waals surface area contributed by atoms with Crippen LogP contribution in [0.3, 0.4) is 0 Å². The quantitative estimate of drug-likeness (QED) is 0.0261. The molecule has 1 unspecified atom stereocenters. The van der Waals surface area contributed by atoms with E-state index >= 15 is 0 Å². The Morgan fingerprint density at radius 1 is 0.306 bits per heavy atom. The second-order valence-electron chi connectivity index (χ2n) is 20.3. The Morgan fingerprint density at radius 2 is 0.583 bits per heavy atom. The van der Waals surface area contributed by atoms with Gasteiger partial charge >= 0.3 is 17.9 Å². The van der Waals surface area contributed by atoms with Gasteiger partial charge in [0, 0.05) is 12.8 Å². The number of hydrogen-bond acceptors (Lipinski definition) is 6. The first-order valence-electron chi connectivity index (χ1n) is 30.6. The summed E-state index contributed by atoms with van der Waals surface area (Å²) in [4.78, 5) is 38.1. The number of carbonyl (C=O) groups excluding carboxylic acids is 3. The van der Waals surface area contributed by atoms with Crippen molar-refractivity contribution in [2.45, 2.75) is 303 Å². The van der Waals surface area contributed by atoms with Gasteiger partial charge in [0.25, 0.3) is 0 Å². The molecule has 72 heavy (non-hydrogen) atoms. The molecule has 0 rings (SSSR count). The van der Waals surface area contributed by atoms with Gasteiger partial charge in [0.15, 0.2) is 6.10 Å². The molecule has 0 radical (unpaired) electrons. The van der Waals surface area contributed by atoms with E-state index in [1.165, 1.54) is 161 Å². The molecule has 0 aliphatic rings. The highest BCUT2D eigenvalue weighted by molar-refractivity contribution is 5.72. The molecule has 0 fully saturated rings. The number of carbonyl (C=O) groups is 3. The molecule has 6 heteroatoms. The summed E-state index contributed by atoms with van der Waals surface area (Å²) in [6, 6.07) is 0. The Bertz CT molecular complexity index is 1380. The standard InChI is InChI=1S/C66H114O6/c1-4-7-10-13-16-19-22-25-28-29-30-31-32-33-34-35-36-39-41-44-47-50-53-56-59-65(68)71-62-63(72-66(69)60-57-54-51-48-45-42-38-27-24-21-18-15-12-9-6-3)61-70-64(67)58-55-52-49-46-43-40-37-26-23-20-17-14-11-8-5-2/h9,12,17-18,20-21,26-27,37-38,45,48,54,57,63H,4-8,10-11,13-16,19,22-25,28-36,39-44,46-47,49-53,55-56,58-62H2,1-3H3/b12-9-,20-17-,21-18-,37-26-,38-27-,48-45-,57-54-. The van der Waals surface area contributed by atoms with Crippen molar-refractivity contribution in [2.24, 2.45) is 0 Å². The maximum atomic E-state index is 12.8. The predicted molar refractivity (Wildman–Crippen MR) is 311 cm³/mol. The molecule has 0 amide bonds. The zero-order valence-corrected chi connectivity index (χ0v) is 47.4. The first-order chi connectivity index (χ1) is 35.5. The predicted octanol–water partition coefficient (Wildman–Crippen LogP) is 20.7. The summed E-state index contributed by atoms with van der Waals surface area (Å²) in [6.07, 6.45) is 79.1. The van der Waals surface area contributed by atoms with Gasteiger partial charge in [-0.05, 0) is 77.0 Å². The molecule has 0 spiro atoms. The summed E-state index contributed by atoms with van der Waals surface area (Å²) in [6.45, 7) is 6.43. The number of allylic oxidation sites excluding steroid dienone is 13. The fourth-order valence-corrected chi connectivity index (χ4v) is 8.61. The molecule has 0 bridgehead atoms. The van der Waals surface area contributed by atoms with Crippen LogP contribution in [0.25, 0.3) is 0 Å². The van der Waals surface area contributed by atoms with E-state index in [1.54, 1.807) is 6.08 Å². The van der Waals surface area contributed by atoms with Gasteiger partial charge in [0.05, 0.1) is 6.42 Å². The van der Waals surface area contributed by atoms with E-state index in [0.717, 1.165) is 96.3 Å². The molecular formula is C66H114O6. The number of rotatable bonds is 55. The third-order valence-corrected chi connectivity index (χ3v) is 13.2. The molecule has 1 atom stereocenters. The van der Waals surface area contributed by atoms with Crippen LogP contribution in [-0.2, 0) is 28.6 Å². The lowest BCUT2D eigenvalue weighted by Gasteiger charge is -2.18. The van der Waals surface area contributed by atoms with E-state index in [4.69, 9.17) is 14.2 Å². The van der Waals surface area contributed by atoms with Crippen LogP contribution in [0.1, 0.15) is 297 Å². The topological polar surface area (TPSA) is 78.9 Å². The van der Waals surface area contributed by atoms with Crippen LogP contribution in [0.5, 0.6) is 0 Å². The van der Waals surface area contributed by atoms with Crippen LogP contribution in [0.15, 0.2) is 85.1 Å². The molecule has 0 saturated carbocycles. The minimum absolute atomic E-state index is 0.0947. The zero-order valence-electron chi connectivity index (χ0n) is 47.4. The summed E-state index contributed by atoms with van der Waals surface area (Å²) in [7, 11) is 0. The van der Waals surface area contributed by atoms with Crippen molar-refractivity contribution in [2.75, 3.05) is 13.2 Å². The van der Waals surface area contributed by atoms with Crippen molar-refractivity contribution in [3.05, 3.63) is 85.1 Å². The van der Waals surface area contributed by atoms with Crippen LogP contribution in [0, 0.1) is 0 Å². The minimum atomic E-state index is -0.836. The molecular weight excluding hydrogens is 889 g/mol. The summed E-state index contributed by atoms with van der Waals surface area (Å²) in [5.41, 5.74) is 0. The van der Waals surface area contributed by atoms with E-state index in [2.05, 4.69) is 93.7 Å². The Hall–Kier alpha value is -3.41. The number of ether oxygens (including phenoxy) is 3. The molecule has 414 valence electrons. The average Bonchev–Trinajstić information content (AvgIpc) is 3.38. The third kappa shape index (κ3) is 57.5. The Kier molecular flexibility index (Phi) is 57.3. The normalized spacial score (nSPS) is 12.7. The van der Waals surface area contributed by atoms with Crippen LogP contribution in [-0.4, -0.2) is 37.2 Å². The van der Waals surface area contributed by atoms with Crippen molar-refractivity contribution in [1.29, 1.82) is 0 Å². The number of hydrogen-bond donors (Lipinski definition) is 0. The molecule has 0 heterocycles. The maximum absolute atomic E-state index is 12.8. The zero-order chi connectivity index (χ0) is 52.2. The van der Waals surface area contributed by atoms with Crippen LogP contribution in [0.4, 0.5) is 0 Å².